The molecule has 0 saturated carbocycles. The summed E-state index contributed by atoms with van der Waals surface area (Å²) in [6.45, 7) is 0.318. The summed E-state index contributed by atoms with van der Waals surface area (Å²) < 4.78 is 1.23. The molecule has 1 aromatic heterocycles. The maximum atomic E-state index is 11.6. The maximum Gasteiger partial charge on any atom is 0.347 e. The molecule has 0 fully saturated rings. The van der Waals surface area contributed by atoms with Gasteiger partial charge in [0.2, 0.25) is 5.91 Å². The summed E-state index contributed by atoms with van der Waals surface area (Å²) in [5, 5.41) is 8.38. The van der Waals surface area contributed by atoms with Gasteiger partial charge in [-0.25, -0.2) is 9.78 Å². The Labute approximate surface area is 92.7 Å². The number of amides is 1. The van der Waals surface area contributed by atoms with Gasteiger partial charge in [0.15, 0.2) is 0 Å². The molecule has 0 N–H and O–H groups in total. The fourth-order valence-electron chi connectivity index (χ4n) is 1.12. The number of carbonyl (C=O) groups excluding carboxylic acids is 1. The zero-order valence-corrected chi connectivity index (χ0v) is 8.96. The van der Waals surface area contributed by atoms with Crippen LogP contribution in [0, 0.1) is 11.3 Å². The highest BCUT2D eigenvalue weighted by Gasteiger charge is 2.09. The molecule has 0 unspecified atom stereocenters. The summed E-state index contributed by atoms with van der Waals surface area (Å²) in [5.41, 5.74) is -0.454. The minimum absolute atomic E-state index is 0.0470. The van der Waals surface area contributed by atoms with E-state index < -0.39 is 5.69 Å². The van der Waals surface area contributed by atoms with Gasteiger partial charge in [-0.1, -0.05) is 0 Å². The second-order valence-corrected chi connectivity index (χ2v) is 3.25. The lowest BCUT2D eigenvalue weighted by Crippen LogP contribution is -2.34. The summed E-state index contributed by atoms with van der Waals surface area (Å²) in [5.74, 6) is -0.217. The summed E-state index contributed by atoms with van der Waals surface area (Å²) in [4.78, 5) is 27.8. The van der Waals surface area contributed by atoms with Gasteiger partial charge < -0.3 is 4.90 Å². The van der Waals surface area contributed by atoms with E-state index in [4.69, 9.17) is 5.26 Å². The number of likely N-dealkylation sites (N-methyl/N-ethyl adjacent to an activating group) is 1. The molecule has 0 aliphatic heterocycles. The van der Waals surface area contributed by atoms with Crippen molar-refractivity contribution in [3.8, 4) is 6.07 Å². The first-order chi connectivity index (χ1) is 7.65. The zero-order chi connectivity index (χ0) is 12.0. The second kappa shape index (κ2) is 5.66. The first-order valence-electron chi connectivity index (χ1n) is 4.77. The first kappa shape index (κ1) is 11.9. The Morgan fingerprint density at radius 3 is 3.06 bits per heavy atom. The van der Waals surface area contributed by atoms with Crippen molar-refractivity contribution < 1.29 is 4.79 Å². The smallest absolute Gasteiger partial charge is 0.343 e. The molecular formula is C10H12N4O2. The van der Waals surface area contributed by atoms with Gasteiger partial charge >= 0.3 is 5.69 Å². The molecule has 1 amide bonds. The third-order valence-electron chi connectivity index (χ3n) is 2.07. The Kier molecular flexibility index (Phi) is 4.21. The number of nitrogens with zero attached hydrogens (tertiary/aromatic N) is 4. The molecule has 0 radical (unpaired) electrons. The van der Waals surface area contributed by atoms with E-state index in [1.54, 1.807) is 13.1 Å². The lowest BCUT2D eigenvalue weighted by atomic mass is 10.4. The molecular weight excluding hydrogens is 208 g/mol. The van der Waals surface area contributed by atoms with Crippen molar-refractivity contribution >= 4 is 5.91 Å². The molecule has 0 aliphatic carbocycles. The molecule has 0 aromatic carbocycles. The quantitative estimate of drug-likeness (QED) is 0.692. The van der Waals surface area contributed by atoms with E-state index in [-0.39, 0.29) is 18.9 Å². The van der Waals surface area contributed by atoms with Crippen LogP contribution in [0.3, 0.4) is 0 Å². The minimum atomic E-state index is -0.454. The van der Waals surface area contributed by atoms with Gasteiger partial charge in [-0.05, 0) is 6.07 Å². The fourth-order valence-corrected chi connectivity index (χ4v) is 1.12. The van der Waals surface area contributed by atoms with Gasteiger partial charge in [0.1, 0.15) is 6.54 Å². The van der Waals surface area contributed by atoms with Crippen LogP contribution in [-0.4, -0.2) is 34.0 Å². The third-order valence-corrected chi connectivity index (χ3v) is 2.07. The van der Waals surface area contributed by atoms with Crippen LogP contribution in [0.15, 0.2) is 23.3 Å². The normalized spacial score (nSPS) is 9.50. The number of hydrogen-bond acceptors (Lipinski definition) is 4. The van der Waals surface area contributed by atoms with Crippen LogP contribution in [0.1, 0.15) is 6.42 Å². The van der Waals surface area contributed by atoms with Gasteiger partial charge in [-0.3, -0.25) is 9.36 Å². The SMILES string of the molecule is CN(CCC#N)C(=O)Cn1cccnc1=O. The lowest BCUT2D eigenvalue weighted by molar-refractivity contribution is -0.130. The van der Waals surface area contributed by atoms with Crippen molar-refractivity contribution in [2.24, 2.45) is 0 Å². The number of hydrogen-bond donors (Lipinski definition) is 0. The van der Waals surface area contributed by atoms with Crippen molar-refractivity contribution in [3.63, 3.8) is 0 Å². The Morgan fingerprint density at radius 1 is 1.69 bits per heavy atom. The Hall–Kier alpha value is -2.16. The zero-order valence-electron chi connectivity index (χ0n) is 8.96. The van der Waals surface area contributed by atoms with Crippen LogP contribution in [0.25, 0.3) is 0 Å². The summed E-state index contributed by atoms with van der Waals surface area (Å²) in [6, 6.07) is 3.54. The van der Waals surface area contributed by atoms with Crippen LogP contribution in [0.4, 0.5) is 0 Å². The second-order valence-electron chi connectivity index (χ2n) is 3.25. The van der Waals surface area contributed by atoms with Crippen molar-refractivity contribution in [1.82, 2.24) is 14.5 Å². The maximum absolute atomic E-state index is 11.6. The molecule has 0 bridgehead atoms. The van der Waals surface area contributed by atoms with Crippen molar-refractivity contribution in [2.75, 3.05) is 13.6 Å². The Balaban J connectivity index is 2.62. The van der Waals surface area contributed by atoms with Crippen LogP contribution < -0.4 is 5.69 Å². The number of nitriles is 1. The van der Waals surface area contributed by atoms with E-state index in [1.807, 2.05) is 6.07 Å². The number of carbonyl (C=O) groups is 1. The number of aromatic nitrogens is 2. The highest BCUT2D eigenvalue weighted by atomic mass is 16.2. The monoisotopic (exact) mass is 220 g/mol. The van der Waals surface area contributed by atoms with E-state index in [2.05, 4.69) is 4.98 Å². The standard InChI is InChI=1S/C10H12N4O2/c1-13(6-2-4-11)9(15)8-14-7-3-5-12-10(14)16/h3,5,7H,2,6,8H2,1H3. The highest BCUT2D eigenvalue weighted by Crippen LogP contribution is 1.90. The van der Waals surface area contributed by atoms with Gasteiger partial charge in [-0.2, -0.15) is 5.26 Å². The van der Waals surface area contributed by atoms with Crippen molar-refractivity contribution in [3.05, 3.63) is 28.9 Å². The van der Waals surface area contributed by atoms with E-state index >= 15 is 0 Å². The molecule has 6 nitrogen and oxygen atoms in total. The summed E-state index contributed by atoms with van der Waals surface area (Å²) in [7, 11) is 1.60. The molecule has 0 aliphatic rings. The Bertz CT molecular complexity index is 460. The number of rotatable bonds is 4. The van der Waals surface area contributed by atoms with Crippen LogP contribution >= 0.6 is 0 Å². The van der Waals surface area contributed by atoms with E-state index in [0.29, 0.717) is 6.54 Å². The predicted molar refractivity (Wildman–Crippen MR) is 56.4 cm³/mol. The van der Waals surface area contributed by atoms with E-state index in [9.17, 15) is 9.59 Å². The van der Waals surface area contributed by atoms with Gasteiger partial charge in [-0.15, -0.1) is 0 Å². The van der Waals surface area contributed by atoms with Crippen LogP contribution in [0.5, 0.6) is 0 Å². The molecule has 1 heterocycles. The van der Waals surface area contributed by atoms with Crippen molar-refractivity contribution in [1.29, 1.82) is 5.26 Å². The van der Waals surface area contributed by atoms with Crippen LogP contribution in [0.2, 0.25) is 0 Å². The molecule has 0 spiro atoms. The molecule has 6 heteroatoms. The minimum Gasteiger partial charge on any atom is -0.343 e. The molecule has 1 rings (SSSR count). The largest absolute Gasteiger partial charge is 0.347 e. The average Bonchev–Trinajstić information content (AvgIpc) is 2.28. The van der Waals surface area contributed by atoms with E-state index in [0.717, 1.165) is 0 Å². The predicted octanol–water partition coefficient (Wildman–Crippen LogP) is -0.385. The molecule has 0 saturated heterocycles. The summed E-state index contributed by atoms with van der Waals surface area (Å²) in [6.07, 6.45) is 3.16. The average molecular weight is 220 g/mol. The molecule has 0 atom stereocenters. The van der Waals surface area contributed by atoms with Gasteiger partial charge in [0, 0.05) is 26.0 Å². The fraction of sp³-hybridized carbons (Fsp3) is 0.400. The Morgan fingerprint density at radius 2 is 2.44 bits per heavy atom. The van der Waals surface area contributed by atoms with E-state index in [1.165, 1.54) is 21.9 Å². The topological polar surface area (TPSA) is 79.0 Å². The third kappa shape index (κ3) is 3.20. The highest BCUT2D eigenvalue weighted by molar-refractivity contribution is 5.75. The molecule has 84 valence electrons. The summed E-state index contributed by atoms with van der Waals surface area (Å²) >= 11 is 0. The van der Waals surface area contributed by atoms with Gasteiger partial charge in [0.25, 0.3) is 0 Å². The lowest BCUT2D eigenvalue weighted by Gasteiger charge is -2.15. The molecule has 16 heavy (non-hydrogen) atoms. The van der Waals surface area contributed by atoms with Crippen LogP contribution in [-0.2, 0) is 11.3 Å². The van der Waals surface area contributed by atoms with Crippen molar-refractivity contribution in [2.45, 2.75) is 13.0 Å². The van der Waals surface area contributed by atoms with Gasteiger partial charge in [0.05, 0.1) is 12.5 Å². The first-order valence-corrected chi connectivity index (χ1v) is 4.77. The molecule has 1 aromatic rings.